The number of unbranched alkanes of at least 4 members (excludes halogenated alkanes) is 14. The molecule has 0 bridgehead atoms. The predicted octanol–water partition coefficient (Wildman–Crippen LogP) is 7.15. The van der Waals surface area contributed by atoms with Crippen molar-refractivity contribution in [3.05, 3.63) is 0 Å². The predicted molar refractivity (Wildman–Crippen MR) is 129 cm³/mol. The molecule has 0 saturated heterocycles. The van der Waals surface area contributed by atoms with Gasteiger partial charge in [-0.25, -0.2) is 0 Å². The summed E-state index contributed by atoms with van der Waals surface area (Å²) >= 11 is 0. The van der Waals surface area contributed by atoms with Gasteiger partial charge in [-0.15, -0.1) is 0 Å². The molecule has 30 heavy (non-hydrogen) atoms. The van der Waals surface area contributed by atoms with Crippen LogP contribution in [0, 0.1) is 0 Å². The molecule has 4 nitrogen and oxygen atoms in total. The lowest BCUT2D eigenvalue weighted by molar-refractivity contribution is -0.134. The molecule has 0 heterocycles. The molecule has 0 aromatic rings. The highest BCUT2D eigenvalue weighted by Gasteiger charge is 2.18. The maximum absolute atomic E-state index is 12.6. The Morgan fingerprint density at radius 2 is 0.967 bits per heavy atom. The third kappa shape index (κ3) is 18.2. The zero-order chi connectivity index (χ0) is 22.5. The molecule has 2 atom stereocenters. The lowest BCUT2D eigenvalue weighted by Gasteiger charge is -2.27. The van der Waals surface area contributed by atoms with Crippen LogP contribution >= 0.6 is 0 Å². The first-order valence-corrected chi connectivity index (χ1v) is 12.9. The van der Waals surface area contributed by atoms with Crippen LogP contribution in [-0.4, -0.2) is 50.3 Å². The van der Waals surface area contributed by atoms with E-state index in [1.165, 1.54) is 83.5 Å². The van der Waals surface area contributed by atoms with E-state index >= 15 is 0 Å². The Hall–Kier alpha value is -0.610. The lowest BCUT2D eigenvalue weighted by Crippen LogP contribution is -2.41. The molecule has 0 radical (unpaired) electrons. The molecule has 0 aromatic heterocycles. The first kappa shape index (κ1) is 29.4. The van der Waals surface area contributed by atoms with Gasteiger partial charge in [-0.05, 0) is 20.3 Å². The molecular formula is C26H53NO3. The fourth-order valence-electron chi connectivity index (χ4n) is 3.85. The van der Waals surface area contributed by atoms with E-state index in [4.69, 9.17) is 9.47 Å². The normalized spacial score (nSPS) is 13.4. The van der Waals surface area contributed by atoms with Crippen LogP contribution in [0.15, 0.2) is 0 Å². The number of methoxy groups -OCH3 is 2. The van der Waals surface area contributed by atoms with Crippen molar-refractivity contribution in [3.8, 4) is 0 Å². The van der Waals surface area contributed by atoms with E-state index in [0.29, 0.717) is 19.5 Å². The second-order valence-electron chi connectivity index (χ2n) is 9.09. The molecule has 2 unspecified atom stereocenters. The number of amides is 1. The van der Waals surface area contributed by atoms with Crippen molar-refractivity contribution in [2.24, 2.45) is 0 Å². The summed E-state index contributed by atoms with van der Waals surface area (Å²) in [6, 6.07) is 0. The van der Waals surface area contributed by atoms with Crippen LogP contribution in [0.1, 0.15) is 124 Å². The molecule has 0 saturated carbocycles. The summed E-state index contributed by atoms with van der Waals surface area (Å²) in [5.74, 6) is 0.234. The molecule has 0 rings (SSSR count). The van der Waals surface area contributed by atoms with Crippen molar-refractivity contribution in [2.45, 2.75) is 136 Å². The molecule has 0 fully saturated rings. The van der Waals surface area contributed by atoms with E-state index in [9.17, 15) is 4.79 Å². The van der Waals surface area contributed by atoms with Crippen LogP contribution in [0.25, 0.3) is 0 Å². The molecule has 1 amide bonds. The maximum atomic E-state index is 12.6. The Morgan fingerprint density at radius 1 is 0.633 bits per heavy atom. The van der Waals surface area contributed by atoms with Crippen molar-refractivity contribution in [1.82, 2.24) is 4.90 Å². The summed E-state index contributed by atoms with van der Waals surface area (Å²) in [6.07, 6.45) is 20.9. The van der Waals surface area contributed by atoms with E-state index in [2.05, 4.69) is 6.92 Å². The van der Waals surface area contributed by atoms with E-state index in [1.54, 1.807) is 14.2 Å². The third-order valence-corrected chi connectivity index (χ3v) is 6.11. The van der Waals surface area contributed by atoms with Gasteiger partial charge in [0.1, 0.15) is 0 Å². The van der Waals surface area contributed by atoms with Crippen molar-refractivity contribution in [1.29, 1.82) is 0 Å². The zero-order valence-corrected chi connectivity index (χ0v) is 21.1. The van der Waals surface area contributed by atoms with Crippen molar-refractivity contribution >= 4 is 5.91 Å². The summed E-state index contributed by atoms with van der Waals surface area (Å²) in [7, 11) is 3.39. The van der Waals surface area contributed by atoms with E-state index in [0.717, 1.165) is 12.8 Å². The van der Waals surface area contributed by atoms with Crippen molar-refractivity contribution in [2.75, 3.05) is 27.3 Å². The number of hydrogen-bond donors (Lipinski definition) is 0. The molecule has 0 aliphatic heterocycles. The van der Waals surface area contributed by atoms with Crippen molar-refractivity contribution < 1.29 is 14.3 Å². The minimum absolute atomic E-state index is 0.0547. The Bertz CT molecular complexity index is 363. The Balaban J connectivity index is 3.63. The quantitative estimate of drug-likeness (QED) is 0.172. The molecule has 4 heteroatoms. The number of carbonyl (C=O) groups is 1. The van der Waals surface area contributed by atoms with Gasteiger partial charge in [0, 0.05) is 33.7 Å². The standard InChI is InChI=1S/C26H53NO3/c1-6-7-8-9-10-11-12-13-14-15-16-17-18-19-20-21-26(28)27(22-24(2)29-4)23-25(3)30-5/h24-25H,6-23H2,1-5H3. The number of ether oxygens (including phenoxy) is 2. The summed E-state index contributed by atoms with van der Waals surface area (Å²) in [5, 5.41) is 0. The first-order chi connectivity index (χ1) is 14.5. The average molecular weight is 428 g/mol. The van der Waals surface area contributed by atoms with Crippen LogP contribution in [0.4, 0.5) is 0 Å². The number of rotatable bonds is 22. The second kappa shape index (κ2) is 21.6. The Morgan fingerprint density at radius 3 is 1.30 bits per heavy atom. The number of hydrogen-bond acceptors (Lipinski definition) is 3. The summed E-state index contributed by atoms with van der Waals surface area (Å²) in [5.41, 5.74) is 0. The minimum atomic E-state index is 0.0547. The van der Waals surface area contributed by atoms with Crippen LogP contribution in [0.3, 0.4) is 0 Å². The summed E-state index contributed by atoms with van der Waals surface area (Å²) in [6.45, 7) is 7.57. The molecule has 180 valence electrons. The minimum Gasteiger partial charge on any atom is -0.380 e. The SMILES string of the molecule is CCCCCCCCCCCCCCCCCC(=O)N(CC(C)OC)CC(C)OC. The Kier molecular flexibility index (Phi) is 21.2. The van der Waals surface area contributed by atoms with Crippen LogP contribution in [0.5, 0.6) is 0 Å². The van der Waals surface area contributed by atoms with Gasteiger partial charge in [0.05, 0.1) is 12.2 Å². The van der Waals surface area contributed by atoms with Gasteiger partial charge in [-0.2, -0.15) is 0 Å². The smallest absolute Gasteiger partial charge is 0.222 e. The van der Waals surface area contributed by atoms with Crippen molar-refractivity contribution in [3.63, 3.8) is 0 Å². The topological polar surface area (TPSA) is 38.8 Å². The third-order valence-electron chi connectivity index (χ3n) is 6.11. The largest absolute Gasteiger partial charge is 0.380 e. The maximum Gasteiger partial charge on any atom is 0.222 e. The van der Waals surface area contributed by atoms with Crippen LogP contribution < -0.4 is 0 Å². The molecule has 0 N–H and O–H groups in total. The first-order valence-electron chi connectivity index (χ1n) is 12.9. The van der Waals surface area contributed by atoms with Gasteiger partial charge in [0.25, 0.3) is 0 Å². The van der Waals surface area contributed by atoms with E-state index < -0.39 is 0 Å². The van der Waals surface area contributed by atoms with Gasteiger partial charge < -0.3 is 14.4 Å². The highest BCUT2D eigenvalue weighted by Crippen LogP contribution is 2.14. The molecule has 0 spiro atoms. The van der Waals surface area contributed by atoms with Gasteiger partial charge >= 0.3 is 0 Å². The Labute approximate surface area is 188 Å². The fourth-order valence-corrected chi connectivity index (χ4v) is 3.85. The average Bonchev–Trinajstić information content (AvgIpc) is 2.75. The number of carbonyl (C=O) groups excluding carboxylic acids is 1. The van der Waals surface area contributed by atoms with E-state index in [-0.39, 0.29) is 18.1 Å². The summed E-state index contributed by atoms with van der Waals surface area (Å²) < 4.78 is 10.7. The molecule has 0 aliphatic carbocycles. The van der Waals surface area contributed by atoms with Gasteiger partial charge in [-0.1, -0.05) is 96.8 Å². The van der Waals surface area contributed by atoms with Gasteiger partial charge in [0.2, 0.25) is 5.91 Å². The number of nitrogens with zero attached hydrogens (tertiary/aromatic N) is 1. The second-order valence-corrected chi connectivity index (χ2v) is 9.09. The highest BCUT2D eigenvalue weighted by molar-refractivity contribution is 5.76. The van der Waals surface area contributed by atoms with Crippen LogP contribution in [-0.2, 0) is 14.3 Å². The lowest BCUT2D eigenvalue weighted by atomic mass is 10.0. The zero-order valence-electron chi connectivity index (χ0n) is 21.1. The monoisotopic (exact) mass is 427 g/mol. The molecular weight excluding hydrogens is 374 g/mol. The van der Waals surface area contributed by atoms with Gasteiger partial charge in [0.15, 0.2) is 0 Å². The molecule has 0 aliphatic rings. The molecule has 0 aromatic carbocycles. The summed E-state index contributed by atoms with van der Waals surface area (Å²) in [4.78, 5) is 14.5. The van der Waals surface area contributed by atoms with Gasteiger partial charge in [-0.3, -0.25) is 4.79 Å². The van der Waals surface area contributed by atoms with E-state index in [1.807, 2.05) is 18.7 Å². The fraction of sp³-hybridized carbons (Fsp3) is 0.962. The van der Waals surface area contributed by atoms with Crippen LogP contribution in [0.2, 0.25) is 0 Å². The highest BCUT2D eigenvalue weighted by atomic mass is 16.5.